The molecule has 67 heavy (non-hydrogen) atoms. The molecular weight excluding hydrogens is 848 g/mol. The lowest BCUT2D eigenvalue weighted by atomic mass is 9.60. The number of anilines is 3. The molecule has 0 saturated carbocycles. The Hall–Kier alpha value is -4.84. The van der Waals surface area contributed by atoms with Crippen LogP contribution in [0.2, 0.25) is 0 Å². The van der Waals surface area contributed by atoms with E-state index in [1.165, 1.54) is 144 Å². The summed E-state index contributed by atoms with van der Waals surface area (Å²) in [7, 11) is 0.881. The van der Waals surface area contributed by atoms with Crippen molar-refractivity contribution in [1.29, 1.82) is 0 Å². The molecule has 0 atom stereocenters. The first-order chi connectivity index (χ1) is 31.4. The topological polar surface area (TPSA) is 19.0 Å². The van der Waals surface area contributed by atoms with Crippen molar-refractivity contribution in [2.75, 3.05) is 4.90 Å². The lowest BCUT2D eigenvalue weighted by molar-refractivity contribution is 0.332. The minimum absolute atomic E-state index is 0.0420. The molecule has 0 bridgehead atoms. The van der Waals surface area contributed by atoms with Crippen LogP contribution < -0.4 is 15.1 Å². The number of fused-ring (bicyclic) bond motifs is 12. The Balaban J connectivity index is 1.23. The highest BCUT2D eigenvalue weighted by Crippen LogP contribution is 2.54. The number of nitrogens with zero attached hydrogens (tertiary/aromatic N) is 1. The summed E-state index contributed by atoms with van der Waals surface area (Å²) in [6, 6.07) is 36.8. The van der Waals surface area contributed by atoms with Crippen LogP contribution in [0.1, 0.15) is 156 Å². The van der Waals surface area contributed by atoms with Crippen LogP contribution in [-0.2, 0) is 32.5 Å². The molecule has 4 heterocycles. The summed E-state index contributed by atoms with van der Waals surface area (Å²) in [6.45, 7) is 33.9. The van der Waals surface area contributed by atoms with Crippen LogP contribution in [0.5, 0.6) is 0 Å². The third-order valence-electron chi connectivity index (χ3n) is 17.1. The lowest BCUT2D eigenvalue weighted by Crippen LogP contribution is -2.40. The van der Waals surface area contributed by atoms with Gasteiger partial charge in [-0.1, -0.05) is 127 Å². The molecule has 0 radical (unpaired) electrons. The smallest absolute Gasteiger partial charge is 0.211 e. The van der Waals surface area contributed by atoms with Crippen LogP contribution in [0, 0.1) is 0 Å². The first-order valence-corrected chi connectivity index (χ1v) is 26.7. The number of benzene rings is 6. The van der Waals surface area contributed by atoms with Gasteiger partial charge in [0, 0.05) is 63.5 Å². The maximum absolute atomic E-state index is 4.09. The normalized spacial score (nSPS) is 18.3. The summed E-state index contributed by atoms with van der Waals surface area (Å²) in [5.41, 5.74) is 19.8. The van der Waals surface area contributed by atoms with Crippen molar-refractivity contribution < 1.29 is 0 Å². The van der Waals surface area contributed by atoms with Gasteiger partial charge in [-0.25, -0.2) is 0 Å². The molecule has 0 amide bonds. The third kappa shape index (κ3) is 6.45. The molecule has 0 unspecified atom stereocenters. The predicted molar refractivity (Wildman–Crippen MR) is 299 cm³/mol. The predicted octanol–water partition coefficient (Wildman–Crippen LogP) is 17.0. The molecule has 0 saturated heterocycles. The number of hydrogen-bond donors (Lipinski definition) is 1. The first-order valence-electron chi connectivity index (χ1n) is 25.0. The minimum Gasteiger partial charge on any atom is -0.354 e. The molecule has 340 valence electrons. The summed E-state index contributed by atoms with van der Waals surface area (Å²) in [5.74, 6) is 0. The molecule has 3 aliphatic rings. The van der Waals surface area contributed by atoms with Crippen LogP contribution in [0.15, 0.2) is 91.0 Å². The maximum atomic E-state index is 4.09. The average molecular weight is 915 g/mol. The van der Waals surface area contributed by atoms with Gasteiger partial charge in [-0.15, -0.1) is 22.7 Å². The molecule has 6 aromatic carbocycles. The molecule has 0 spiro atoms. The van der Waals surface area contributed by atoms with E-state index in [0.29, 0.717) is 0 Å². The van der Waals surface area contributed by atoms with E-state index in [4.69, 9.17) is 0 Å². The molecule has 1 aliphatic heterocycles. The van der Waals surface area contributed by atoms with Crippen molar-refractivity contribution in [1.82, 2.24) is 4.98 Å². The van der Waals surface area contributed by atoms with Gasteiger partial charge in [-0.2, -0.15) is 0 Å². The third-order valence-corrected chi connectivity index (χ3v) is 19.3. The van der Waals surface area contributed by atoms with Crippen LogP contribution in [0.25, 0.3) is 63.2 Å². The largest absolute Gasteiger partial charge is 0.354 e. The average Bonchev–Trinajstić information content (AvgIpc) is 3.94. The van der Waals surface area contributed by atoms with Crippen LogP contribution in [0.3, 0.4) is 0 Å². The standard InChI is InChI=1S/C62H67BN2S2/c1-57(2,3)34-19-22-46-38(27-34)39-28-35(58(4,5)6)29-41(54(39)64-46)52-51-37-17-15-16-18-48(37)66-50(51)33-47-53(52)63-56-55(40-31-44-45(32-49(40)67-56)62(13,14)26-25-61(44,11)12)65(47)36-20-21-42-43(30-36)60(9,10)24-23-59(42,7)8/h15-22,27-33,63-64H,23-26H2,1-14H3. The van der Waals surface area contributed by atoms with E-state index in [0.717, 1.165) is 7.28 Å². The number of H-pyrrole nitrogens is 1. The van der Waals surface area contributed by atoms with Crippen molar-refractivity contribution in [2.24, 2.45) is 0 Å². The van der Waals surface area contributed by atoms with Crippen LogP contribution in [0.4, 0.5) is 17.1 Å². The van der Waals surface area contributed by atoms with Crippen LogP contribution in [-0.4, -0.2) is 12.3 Å². The highest BCUT2D eigenvalue weighted by molar-refractivity contribution is 7.29. The monoisotopic (exact) mass is 914 g/mol. The molecule has 3 aromatic heterocycles. The van der Waals surface area contributed by atoms with Gasteiger partial charge in [-0.3, -0.25) is 0 Å². The molecule has 0 fully saturated rings. The van der Waals surface area contributed by atoms with E-state index in [2.05, 4.69) is 209 Å². The van der Waals surface area contributed by atoms with E-state index in [1.54, 1.807) is 5.56 Å². The Kier molecular flexibility index (Phi) is 9.02. The number of aromatic nitrogens is 1. The molecule has 9 aromatic rings. The molecule has 1 N–H and O–H groups in total. The minimum atomic E-state index is -0.0616. The quantitative estimate of drug-likeness (QED) is 0.171. The fourth-order valence-corrected chi connectivity index (χ4v) is 14.9. The zero-order chi connectivity index (χ0) is 47.1. The zero-order valence-corrected chi connectivity index (χ0v) is 44.1. The fourth-order valence-electron chi connectivity index (χ4n) is 12.5. The van der Waals surface area contributed by atoms with Gasteiger partial charge < -0.3 is 9.88 Å². The second kappa shape index (κ2) is 13.9. The SMILES string of the molecule is CC(C)(C)c1ccc2[nH]c3c(-c4c5c(cc6sc7ccccc7c46)N(c4ccc6c(c4)C(C)(C)CCC6(C)C)c4c(sc6cc7c(cc46)C(C)(C)CCC7(C)C)B5)cc(C(C)(C)C)cc3c2c1. The van der Waals surface area contributed by atoms with E-state index in [-0.39, 0.29) is 32.5 Å². The highest BCUT2D eigenvalue weighted by atomic mass is 32.1. The van der Waals surface area contributed by atoms with Gasteiger partial charge in [0.05, 0.1) is 11.2 Å². The van der Waals surface area contributed by atoms with Gasteiger partial charge in [0.25, 0.3) is 0 Å². The summed E-state index contributed by atoms with van der Waals surface area (Å²) in [5, 5.41) is 6.78. The number of rotatable bonds is 2. The summed E-state index contributed by atoms with van der Waals surface area (Å²) < 4.78 is 5.58. The lowest BCUT2D eigenvalue weighted by Gasteiger charge is -2.43. The van der Waals surface area contributed by atoms with Gasteiger partial charge in [-0.05, 0) is 168 Å². The van der Waals surface area contributed by atoms with Crippen molar-refractivity contribution in [3.05, 3.63) is 124 Å². The number of aromatic amines is 1. The van der Waals surface area contributed by atoms with Crippen molar-refractivity contribution >= 4 is 109 Å². The van der Waals surface area contributed by atoms with Gasteiger partial charge >= 0.3 is 0 Å². The number of thiophene rings is 2. The van der Waals surface area contributed by atoms with Gasteiger partial charge in [0.2, 0.25) is 7.28 Å². The highest BCUT2D eigenvalue weighted by Gasteiger charge is 2.42. The Morgan fingerprint density at radius 1 is 0.537 bits per heavy atom. The van der Waals surface area contributed by atoms with Crippen molar-refractivity contribution in [3.63, 3.8) is 0 Å². The molecule has 2 aliphatic carbocycles. The Labute approximate surface area is 407 Å². The van der Waals surface area contributed by atoms with Gasteiger partial charge in [0.15, 0.2) is 0 Å². The van der Waals surface area contributed by atoms with E-state index < -0.39 is 0 Å². The van der Waals surface area contributed by atoms with E-state index in [9.17, 15) is 0 Å². The van der Waals surface area contributed by atoms with Crippen LogP contribution >= 0.6 is 22.7 Å². The molecular formula is C62H67BN2S2. The Bertz CT molecular complexity index is 3590. The first kappa shape index (κ1) is 43.4. The Morgan fingerprint density at radius 2 is 1.16 bits per heavy atom. The second-order valence-electron chi connectivity index (χ2n) is 25.6. The summed E-state index contributed by atoms with van der Waals surface area (Å²) in [4.78, 5) is 6.83. The Morgan fingerprint density at radius 3 is 1.85 bits per heavy atom. The summed E-state index contributed by atoms with van der Waals surface area (Å²) >= 11 is 4.01. The van der Waals surface area contributed by atoms with E-state index in [1.807, 2.05) is 11.3 Å². The fraction of sp³-hybridized carbons (Fsp3) is 0.387. The maximum Gasteiger partial charge on any atom is 0.211 e. The zero-order valence-electron chi connectivity index (χ0n) is 42.5. The van der Waals surface area contributed by atoms with Gasteiger partial charge in [0.1, 0.15) is 0 Å². The van der Waals surface area contributed by atoms with E-state index >= 15 is 0 Å². The molecule has 2 nitrogen and oxygen atoms in total. The number of hydrogen-bond acceptors (Lipinski definition) is 3. The molecule has 5 heteroatoms. The van der Waals surface area contributed by atoms with Crippen molar-refractivity contribution in [2.45, 2.75) is 155 Å². The second-order valence-corrected chi connectivity index (χ2v) is 27.8. The molecule has 12 rings (SSSR count). The number of nitrogens with one attached hydrogen (secondary N) is 1. The van der Waals surface area contributed by atoms with Crippen molar-refractivity contribution in [3.8, 4) is 11.1 Å². The summed E-state index contributed by atoms with van der Waals surface area (Å²) in [6.07, 6.45) is 4.80.